The van der Waals surface area contributed by atoms with Gasteiger partial charge in [-0.3, -0.25) is 5.10 Å². The molecule has 0 unspecified atom stereocenters. The van der Waals surface area contributed by atoms with Crippen LogP contribution in [0.4, 0.5) is 0 Å². The molecule has 0 atom stereocenters. The van der Waals surface area contributed by atoms with Gasteiger partial charge in [0.1, 0.15) is 5.75 Å². The number of hydrogen-bond donors (Lipinski definition) is 1. The van der Waals surface area contributed by atoms with Crippen LogP contribution in [0.25, 0.3) is 11.0 Å². The number of ether oxygens (including phenoxy) is 1. The van der Waals surface area contributed by atoms with Crippen LogP contribution >= 0.6 is 0 Å². The summed E-state index contributed by atoms with van der Waals surface area (Å²) < 4.78 is 7.11. The van der Waals surface area contributed by atoms with Gasteiger partial charge in [-0.25, -0.2) is 0 Å². The van der Waals surface area contributed by atoms with Crippen molar-refractivity contribution in [1.82, 2.24) is 20.1 Å². The molecule has 1 N–H and O–H groups in total. The van der Waals surface area contributed by atoms with Gasteiger partial charge >= 0.3 is 0 Å². The van der Waals surface area contributed by atoms with E-state index in [-0.39, 0.29) is 21.1 Å². The van der Waals surface area contributed by atoms with E-state index in [1.807, 2.05) is 23.0 Å². The molecule has 0 spiro atoms. The quantitative estimate of drug-likeness (QED) is 0.587. The van der Waals surface area contributed by atoms with Crippen LogP contribution in [0, 0.1) is 6.20 Å². The molecule has 1 aliphatic heterocycles. The van der Waals surface area contributed by atoms with Crippen LogP contribution in [0.2, 0.25) is 0 Å². The van der Waals surface area contributed by atoms with Crippen LogP contribution in [-0.4, -0.2) is 28.4 Å². The Kier molecular flexibility index (Phi) is 4.78. The molecule has 6 heteroatoms. The smallest absolute Gasteiger partial charge is 0.118 e. The van der Waals surface area contributed by atoms with Crippen LogP contribution < -0.4 is 10.1 Å². The summed E-state index contributed by atoms with van der Waals surface area (Å²) in [4.78, 5) is 4.59. The van der Waals surface area contributed by atoms with Crippen molar-refractivity contribution in [3.8, 4) is 5.75 Å². The zero-order chi connectivity index (χ0) is 14.9. The molecule has 5 nitrogen and oxygen atoms in total. The van der Waals surface area contributed by atoms with Gasteiger partial charge in [0.15, 0.2) is 0 Å². The van der Waals surface area contributed by atoms with E-state index in [4.69, 9.17) is 4.74 Å². The van der Waals surface area contributed by atoms with E-state index in [2.05, 4.69) is 33.7 Å². The van der Waals surface area contributed by atoms with E-state index in [1.165, 1.54) is 16.7 Å². The number of methoxy groups -OCH3 is 1. The summed E-state index contributed by atoms with van der Waals surface area (Å²) in [6.45, 7) is 2.58. The average Bonchev–Trinajstić information content (AvgIpc) is 2.99. The monoisotopic (exact) mass is 477 g/mol. The van der Waals surface area contributed by atoms with E-state index in [0.29, 0.717) is 6.54 Å². The van der Waals surface area contributed by atoms with Crippen molar-refractivity contribution in [3.05, 3.63) is 53.3 Å². The Labute approximate surface area is 149 Å². The number of benzene rings is 1. The third-order valence-electron chi connectivity index (χ3n) is 4.14. The Balaban J connectivity index is 0.00000156. The zero-order valence-corrected chi connectivity index (χ0v) is 15.8. The Morgan fingerprint density at radius 3 is 2.91 bits per heavy atom. The number of nitrogens with zero attached hydrogens (tertiary/aromatic N) is 3. The SMILES string of the molecule is COc1ccc(Cn2n[c-]c3c4c(cnc32)CNCC4)cc1.[W]. The molecule has 0 amide bonds. The molecule has 3 aromatic rings. The topological polar surface area (TPSA) is 52.0 Å². The molecule has 3 heterocycles. The van der Waals surface area contributed by atoms with Gasteiger partial charge < -0.3 is 19.7 Å². The van der Waals surface area contributed by atoms with Gasteiger partial charge in [-0.15, -0.1) is 10.9 Å². The van der Waals surface area contributed by atoms with E-state index < -0.39 is 0 Å². The fourth-order valence-corrected chi connectivity index (χ4v) is 2.94. The van der Waals surface area contributed by atoms with Crippen molar-refractivity contribution in [2.24, 2.45) is 0 Å². The Bertz CT molecular complexity index is 813. The minimum Gasteiger partial charge on any atom is -0.497 e. The molecule has 1 aliphatic rings. The maximum Gasteiger partial charge on any atom is 0.118 e. The van der Waals surface area contributed by atoms with Crippen molar-refractivity contribution in [3.63, 3.8) is 0 Å². The molecule has 0 saturated carbocycles. The second kappa shape index (κ2) is 6.81. The van der Waals surface area contributed by atoms with Crippen molar-refractivity contribution >= 4 is 11.0 Å². The normalized spacial score (nSPS) is 13.4. The second-order valence-electron chi connectivity index (χ2n) is 5.50. The molecular weight excluding hydrogens is 460 g/mol. The molecule has 0 saturated heterocycles. The summed E-state index contributed by atoms with van der Waals surface area (Å²) in [6, 6.07) is 8.03. The number of hydrogen-bond acceptors (Lipinski definition) is 4. The molecule has 118 valence electrons. The van der Waals surface area contributed by atoms with E-state index in [1.54, 1.807) is 7.11 Å². The first-order valence-corrected chi connectivity index (χ1v) is 7.44. The van der Waals surface area contributed by atoms with Crippen LogP contribution in [-0.2, 0) is 40.6 Å². The Morgan fingerprint density at radius 2 is 2.13 bits per heavy atom. The maximum absolute atomic E-state index is 5.19. The third kappa shape index (κ3) is 3.03. The second-order valence-corrected chi connectivity index (χ2v) is 5.50. The van der Waals surface area contributed by atoms with Crippen molar-refractivity contribution in [2.75, 3.05) is 13.7 Å². The predicted molar refractivity (Wildman–Crippen MR) is 83.9 cm³/mol. The summed E-state index contributed by atoms with van der Waals surface area (Å²) in [5.74, 6) is 0.861. The fraction of sp³-hybridized carbons (Fsp3) is 0.294. The molecular formula is C17H17N4OW-. The summed E-state index contributed by atoms with van der Waals surface area (Å²) in [5.41, 5.74) is 4.68. The van der Waals surface area contributed by atoms with Gasteiger partial charge in [-0.1, -0.05) is 24.1 Å². The first kappa shape index (κ1) is 16.2. The molecule has 2 aromatic heterocycles. The van der Waals surface area contributed by atoms with Crippen LogP contribution in [0.3, 0.4) is 0 Å². The molecule has 23 heavy (non-hydrogen) atoms. The molecule has 0 radical (unpaired) electrons. The van der Waals surface area contributed by atoms with Crippen molar-refractivity contribution < 1.29 is 25.8 Å². The number of rotatable bonds is 3. The number of pyridine rings is 1. The minimum absolute atomic E-state index is 0. The Hall–Kier alpha value is -1.71. The third-order valence-corrected chi connectivity index (χ3v) is 4.14. The summed E-state index contributed by atoms with van der Waals surface area (Å²) >= 11 is 0. The molecule has 4 rings (SSSR count). The zero-order valence-electron chi connectivity index (χ0n) is 12.9. The standard InChI is InChI=1S/C17H17N4O.W/c1-22-14-4-2-12(3-5-14)11-21-17-16(10-20-21)15-6-7-18-8-13(15)9-19-17;/h2-5,9,18H,6-8,11H2,1H3;/q-1;. The van der Waals surface area contributed by atoms with E-state index in [0.717, 1.165) is 36.3 Å². The first-order valence-electron chi connectivity index (χ1n) is 7.44. The van der Waals surface area contributed by atoms with Crippen molar-refractivity contribution in [1.29, 1.82) is 0 Å². The van der Waals surface area contributed by atoms with Crippen LogP contribution in [0.5, 0.6) is 5.75 Å². The largest absolute Gasteiger partial charge is 0.497 e. The van der Waals surface area contributed by atoms with Gasteiger partial charge in [-0.05, 0) is 30.4 Å². The molecule has 0 aliphatic carbocycles. The Morgan fingerprint density at radius 1 is 1.30 bits per heavy atom. The number of aromatic nitrogens is 3. The molecule has 0 bridgehead atoms. The van der Waals surface area contributed by atoms with Gasteiger partial charge in [0, 0.05) is 39.5 Å². The first-order chi connectivity index (χ1) is 10.8. The summed E-state index contributed by atoms with van der Waals surface area (Å²) in [6.07, 6.45) is 6.13. The summed E-state index contributed by atoms with van der Waals surface area (Å²) in [5, 5.41) is 8.85. The van der Waals surface area contributed by atoms with Gasteiger partial charge in [0.05, 0.1) is 13.7 Å². The van der Waals surface area contributed by atoms with Gasteiger partial charge in [0.2, 0.25) is 0 Å². The maximum atomic E-state index is 5.19. The van der Waals surface area contributed by atoms with Gasteiger partial charge in [-0.2, -0.15) is 0 Å². The fourth-order valence-electron chi connectivity index (χ4n) is 2.94. The average molecular weight is 477 g/mol. The van der Waals surface area contributed by atoms with E-state index in [9.17, 15) is 0 Å². The van der Waals surface area contributed by atoms with Gasteiger partial charge in [0.25, 0.3) is 0 Å². The molecule has 1 aromatic carbocycles. The molecule has 0 fully saturated rings. The number of nitrogens with one attached hydrogen (secondary N) is 1. The predicted octanol–water partition coefficient (Wildman–Crippen LogP) is 1.93. The number of fused-ring (bicyclic) bond motifs is 3. The van der Waals surface area contributed by atoms with Crippen LogP contribution in [0.15, 0.2) is 30.5 Å². The van der Waals surface area contributed by atoms with Crippen LogP contribution in [0.1, 0.15) is 16.7 Å². The minimum atomic E-state index is 0. The van der Waals surface area contributed by atoms with E-state index >= 15 is 0 Å². The van der Waals surface area contributed by atoms with Crippen molar-refractivity contribution in [2.45, 2.75) is 19.5 Å². The summed E-state index contributed by atoms with van der Waals surface area (Å²) in [7, 11) is 1.67.